The maximum atomic E-state index is 6.27. The highest BCUT2D eigenvalue weighted by atomic mass is 16.5. The third kappa shape index (κ3) is 3.21. The van der Waals surface area contributed by atoms with Crippen molar-refractivity contribution in [2.75, 3.05) is 13.7 Å². The van der Waals surface area contributed by atoms with Crippen LogP contribution in [0, 0.1) is 5.92 Å². The minimum atomic E-state index is -0.125. The molecule has 1 aromatic heterocycles. The number of rotatable bonds is 7. The second kappa shape index (κ2) is 6.16. The first-order valence-corrected chi connectivity index (χ1v) is 6.62. The molecule has 1 saturated carbocycles. The Morgan fingerprint density at radius 3 is 2.83 bits per heavy atom. The van der Waals surface area contributed by atoms with Crippen molar-refractivity contribution in [1.82, 2.24) is 4.98 Å². The predicted octanol–water partition coefficient (Wildman–Crippen LogP) is 2.30. The number of pyridine rings is 1. The summed E-state index contributed by atoms with van der Waals surface area (Å²) in [5.41, 5.74) is 7.26. The molecule has 0 radical (unpaired) electrons. The van der Waals surface area contributed by atoms with Crippen LogP contribution in [-0.2, 0) is 4.74 Å². The summed E-state index contributed by atoms with van der Waals surface area (Å²) in [4.78, 5) is 4.19. The van der Waals surface area contributed by atoms with E-state index in [1.807, 2.05) is 6.07 Å². The number of hydrogen-bond donors (Lipinski definition) is 1. The molecule has 4 nitrogen and oxygen atoms in total. The number of aromatic nitrogens is 1. The van der Waals surface area contributed by atoms with Gasteiger partial charge in [0.25, 0.3) is 0 Å². The lowest BCUT2D eigenvalue weighted by molar-refractivity contribution is 0.0622. The topological polar surface area (TPSA) is 57.4 Å². The van der Waals surface area contributed by atoms with E-state index in [0.29, 0.717) is 12.5 Å². The molecule has 0 spiro atoms. The van der Waals surface area contributed by atoms with Crippen LogP contribution in [0.2, 0.25) is 0 Å². The van der Waals surface area contributed by atoms with Gasteiger partial charge >= 0.3 is 0 Å². The summed E-state index contributed by atoms with van der Waals surface area (Å²) in [5, 5.41) is 0. The molecule has 1 aliphatic rings. The molecular weight excluding hydrogens is 228 g/mol. The molecule has 100 valence electrons. The van der Waals surface area contributed by atoms with E-state index in [1.165, 1.54) is 12.8 Å². The molecule has 2 atom stereocenters. The monoisotopic (exact) mass is 250 g/mol. The third-order valence-corrected chi connectivity index (χ3v) is 3.30. The Labute approximate surface area is 108 Å². The van der Waals surface area contributed by atoms with Crippen molar-refractivity contribution in [3.05, 3.63) is 24.0 Å². The Balaban J connectivity index is 2.06. The van der Waals surface area contributed by atoms with Crippen LogP contribution in [0.1, 0.15) is 37.8 Å². The highest BCUT2D eigenvalue weighted by Crippen LogP contribution is 2.39. The molecule has 1 aliphatic carbocycles. The molecule has 18 heavy (non-hydrogen) atoms. The number of hydrogen-bond acceptors (Lipinski definition) is 4. The summed E-state index contributed by atoms with van der Waals surface area (Å²) in [6.07, 6.45) is 7.03. The Bertz CT molecular complexity index is 380. The van der Waals surface area contributed by atoms with Gasteiger partial charge in [-0.2, -0.15) is 0 Å². The van der Waals surface area contributed by atoms with Crippen LogP contribution in [-0.4, -0.2) is 24.8 Å². The smallest absolute Gasteiger partial charge is 0.137 e. The second-order valence-corrected chi connectivity index (χ2v) is 4.87. The fourth-order valence-corrected chi connectivity index (χ4v) is 2.16. The lowest BCUT2D eigenvalue weighted by Gasteiger charge is -2.22. The average molecular weight is 250 g/mol. The summed E-state index contributed by atoms with van der Waals surface area (Å²) < 4.78 is 11.1. The van der Waals surface area contributed by atoms with E-state index in [2.05, 4.69) is 11.9 Å². The van der Waals surface area contributed by atoms with Gasteiger partial charge in [0.05, 0.1) is 24.9 Å². The molecule has 0 saturated heterocycles. The summed E-state index contributed by atoms with van der Waals surface area (Å²) >= 11 is 0. The van der Waals surface area contributed by atoms with Crippen LogP contribution in [0.3, 0.4) is 0 Å². The van der Waals surface area contributed by atoms with Crippen LogP contribution in [0.4, 0.5) is 0 Å². The minimum Gasteiger partial charge on any atom is -0.492 e. The van der Waals surface area contributed by atoms with Crippen LogP contribution < -0.4 is 10.5 Å². The Morgan fingerprint density at radius 1 is 1.44 bits per heavy atom. The van der Waals surface area contributed by atoms with Crippen molar-refractivity contribution >= 4 is 0 Å². The molecule has 2 N–H and O–H groups in total. The first-order chi connectivity index (χ1) is 8.76. The Morgan fingerprint density at radius 2 is 2.22 bits per heavy atom. The highest BCUT2D eigenvalue weighted by molar-refractivity contribution is 5.27. The van der Waals surface area contributed by atoms with Crippen molar-refractivity contribution in [2.24, 2.45) is 11.7 Å². The quantitative estimate of drug-likeness (QED) is 0.806. The molecule has 1 fully saturated rings. The number of methoxy groups -OCH3 is 1. The molecule has 2 unspecified atom stereocenters. The van der Waals surface area contributed by atoms with Crippen LogP contribution in [0.25, 0.3) is 0 Å². The van der Waals surface area contributed by atoms with Gasteiger partial charge in [-0.1, -0.05) is 6.92 Å². The zero-order valence-corrected chi connectivity index (χ0v) is 11.1. The van der Waals surface area contributed by atoms with E-state index in [1.54, 1.807) is 19.5 Å². The standard InChI is InChI=1S/C14H22N2O2/c1-3-6-18-12-7-11(8-16-9-12)13(15)14(17-2)10-4-5-10/h7-10,13-14H,3-6,15H2,1-2H3. The van der Waals surface area contributed by atoms with Gasteiger partial charge in [-0.15, -0.1) is 0 Å². The molecule has 2 rings (SSSR count). The second-order valence-electron chi connectivity index (χ2n) is 4.87. The van der Waals surface area contributed by atoms with Gasteiger partial charge in [-0.3, -0.25) is 4.98 Å². The van der Waals surface area contributed by atoms with Gasteiger partial charge in [-0.05, 0) is 36.8 Å². The zero-order chi connectivity index (χ0) is 13.0. The fourth-order valence-electron chi connectivity index (χ4n) is 2.16. The fraction of sp³-hybridized carbons (Fsp3) is 0.643. The van der Waals surface area contributed by atoms with Crippen LogP contribution in [0.15, 0.2) is 18.5 Å². The van der Waals surface area contributed by atoms with Crippen molar-refractivity contribution in [1.29, 1.82) is 0 Å². The molecule has 1 aromatic rings. The normalized spacial score (nSPS) is 18.4. The first kappa shape index (κ1) is 13.3. The van der Waals surface area contributed by atoms with Gasteiger partial charge in [0.15, 0.2) is 0 Å². The van der Waals surface area contributed by atoms with Gasteiger partial charge in [0, 0.05) is 13.3 Å². The van der Waals surface area contributed by atoms with E-state index >= 15 is 0 Å². The summed E-state index contributed by atoms with van der Waals surface area (Å²) in [7, 11) is 1.73. The maximum absolute atomic E-state index is 6.27. The molecule has 4 heteroatoms. The van der Waals surface area contributed by atoms with Gasteiger partial charge in [0.2, 0.25) is 0 Å². The van der Waals surface area contributed by atoms with Crippen molar-refractivity contribution in [3.8, 4) is 5.75 Å². The van der Waals surface area contributed by atoms with Gasteiger partial charge in [-0.25, -0.2) is 0 Å². The number of nitrogens with two attached hydrogens (primary N) is 1. The molecule has 0 bridgehead atoms. The average Bonchev–Trinajstić information content (AvgIpc) is 3.22. The summed E-state index contributed by atoms with van der Waals surface area (Å²) in [5.74, 6) is 1.39. The van der Waals surface area contributed by atoms with Gasteiger partial charge in [0.1, 0.15) is 5.75 Å². The summed E-state index contributed by atoms with van der Waals surface area (Å²) in [6, 6.07) is 1.85. The lowest BCUT2D eigenvalue weighted by Crippen LogP contribution is -2.30. The third-order valence-electron chi connectivity index (χ3n) is 3.30. The first-order valence-electron chi connectivity index (χ1n) is 6.62. The van der Waals surface area contributed by atoms with E-state index in [9.17, 15) is 0 Å². The lowest BCUT2D eigenvalue weighted by atomic mass is 10.0. The van der Waals surface area contributed by atoms with Crippen molar-refractivity contribution in [3.63, 3.8) is 0 Å². The molecule has 0 amide bonds. The zero-order valence-electron chi connectivity index (χ0n) is 11.1. The largest absolute Gasteiger partial charge is 0.492 e. The predicted molar refractivity (Wildman–Crippen MR) is 70.5 cm³/mol. The maximum Gasteiger partial charge on any atom is 0.137 e. The minimum absolute atomic E-state index is 0.0909. The molecule has 0 aliphatic heterocycles. The van der Waals surface area contributed by atoms with Crippen LogP contribution in [0.5, 0.6) is 5.75 Å². The molecule has 0 aromatic carbocycles. The van der Waals surface area contributed by atoms with E-state index in [4.69, 9.17) is 15.2 Å². The summed E-state index contributed by atoms with van der Waals surface area (Å²) in [6.45, 7) is 2.79. The Hall–Kier alpha value is -1.13. The van der Waals surface area contributed by atoms with Crippen molar-refractivity contribution < 1.29 is 9.47 Å². The molecule has 1 heterocycles. The van der Waals surface area contributed by atoms with E-state index in [-0.39, 0.29) is 12.1 Å². The number of nitrogens with zero attached hydrogens (tertiary/aromatic N) is 1. The molecular formula is C14H22N2O2. The van der Waals surface area contributed by atoms with E-state index in [0.717, 1.165) is 17.7 Å². The number of ether oxygens (including phenoxy) is 2. The SMILES string of the molecule is CCCOc1cncc(C(N)C(OC)C2CC2)c1. The van der Waals surface area contributed by atoms with E-state index < -0.39 is 0 Å². The van der Waals surface area contributed by atoms with Gasteiger partial charge < -0.3 is 15.2 Å². The van der Waals surface area contributed by atoms with Crippen LogP contribution >= 0.6 is 0 Å². The van der Waals surface area contributed by atoms with Crippen molar-refractivity contribution in [2.45, 2.75) is 38.3 Å². The Kier molecular flexibility index (Phi) is 4.55. The highest BCUT2D eigenvalue weighted by Gasteiger charge is 2.36.